The number of hydrogen-bond donors (Lipinski definition) is 0. The zero-order chi connectivity index (χ0) is 26.8. The highest BCUT2D eigenvalue weighted by molar-refractivity contribution is 7.22. The van der Waals surface area contributed by atoms with Gasteiger partial charge in [0.1, 0.15) is 5.75 Å². The number of ether oxygens (including phenoxy) is 4. The minimum atomic E-state index is -0.166. The molecule has 0 atom stereocenters. The molecular formula is C28H39N3O5S. The van der Waals surface area contributed by atoms with Crippen LogP contribution < -0.4 is 23.8 Å². The third kappa shape index (κ3) is 7.05. The Hall–Kier alpha value is -3.04. The van der Waals surface area contributed by atoms with Gasteiger partial charge in [-0.05, 0) is 71.1 Å². The lowest BCUT2D eigenvalue weighted by Gasteiger charge is -2.25. The van der Waals surface area contributed by atoms with Crippen LogP contribution in [-0.2, 0) is 0 Å². The molecule has 0 bridgehead atoms. The number of anilines is 1. The molecule has 0 N–H and O–H groups in total. The lowest BCUT2D eigenvalue weighted by molar-refractivity contribution is 0.0982. The van der Waals surface area contributed by atoms with Gasteiger partial charge < -0.3 is 23.8 Å². The highest BCUT2D eigenvalue weighted by atomic mass is 32.1. The lowest BCUT2D eigenvalue weighted by Crippen LogP contribution is -2.38. The van der Waals surface area contributed by atoms with Crippen molar-refractivity contribution in [1.29, 1.82) is 0 Å². The molecule has 9 heteroatoms. The van der Waals surface area contributed by atoms with Crippen molar-refractivity contribution in [2.75, 3.05) is 57.5 Å². The molecule has 0 aliphatic rings. The zero-order valence-electron chi connectivity index (χ0n) is 22.8. The molecule has 202 valence electrons. The van der Waals surface area contributed by atoms with Gasteiger partial charge in [-0.1, -0.05) is 25.2 Å². The molecule has 2 aromatic carbocycles. The van der Waals surface area contributed by atoms with Crippen LogP contribution in [0.2, 0.25) is 0 Å². The van der Waals surface area contributed by atoms with Crippen LogP contribution in [-0.4, -0.2) is 68.4 Å². The monoisotopic (exact) mass is 529 g/mol. The van der Waals surface area contributed by atoms with E-state index in [1.54, 1.807) is 17.0 Å². The first-order valence-corrected chi connectivity index (χ1v) is 13.9. The Balaban J connectivity index is 2.06. The average molecular weight is 530 g/mol. The number of carbonyl (C=O) groups excluding carboxylic acids is 1. The molecular weight excluding hydrogens is 490 g/mol. The second kappa shape index (κ2) is 14.0. The van der Waals surface area contributed by atoms with Crippen molar-refractivity contribution in [3.63, 3.8) is 0 Å². The first kappa shape index (κ1) is 28.5. The van der Waals surface area contributed by atoms with E-state index in [4.69, 9.17) is 23.9 Å². The van der Waals surface area contributed by atoms with E-state index in [2.05, 4.69) is 18.7 Å². The van der Waals surface area contributed by atoms with Gasteiger partial charge in [-0.15, -0.1) is 0 Å². The van der Waals surface area contributed by atoms with Gasteiger partial charge in [-0.25, -0.2) is 4.98 Å². The minimum absolute atomic E-state index is 0.166. The number of amides is 1. The number of nitrogens with zero attached hydrogens (tertiary/aromatic N) is 3. The molecule has 0 unspecified atom stereocenters. The third-order valence-electron chi connectivity index (χ3n) is 5.83. The molecule has 0 aliphatic carbocycles. The molecule has 1 aromatic heterocycles. The van der Waals surface area contributed by atoms with Crippen LogP contribution in [0.25, 0.3) is 10.2 Å². The molecule has 1 amide bonds. The van der Waals surface area contributed by atoms with Crippen LogP contribution in [0.4, 0.5) is 5.13 Å². The number of hydrogen-bond acceptors (Lipinski definition) is 8. The molecule has 0 aliphatic heterocycles. The summed E-state index contributed by atoms with van der Waals surface area (Å²) in [6, 6.07) is 9.30. The van der Waals surface area contributed by atoms with Gasteiger partial charge in [0, 0.05) is 18.7 Å². The smallest absolute Gasteiger partial charge is 0.260 e. The van der Waals surface area contributed by atoms with E-state index in [9.17, 15) is 4.79 Å². The van der Waals surface area contributed by atoms with Crippen molar-refractivity contribution < 1.29 is 23.7 Å². The second-order valence-corrected chi connectivity index (χ2v) is 9.15. The maximum atomic E-state index is 14.1. The van der Waals surface area contributed by atoms with Crippen molar-refractivity contribution in [3.05, 3.63) is 35.9 Å². The topological polar surface area (TPSA) is 73.4 Å². The maximum absolute atomic E-state index is 14.1. The Kier molecular flexibility index (Phi) is 10.8. The third-order valence-corrected chi connectivity index (χ3v) is 6.87. The fraction of sp³-hybridized carbons (Fsp3) is 0.500. The molecule has 1 heterocycles. The number of fused-ring (bicyclic) bond motifs is 1. The standard InChI is InChI=1S/C28H39N3O5S/c1-7-30(8-2)15-16-31(28-29-22-14-13-21(33-9-3)19-25(22)37-28)27(32)20-17-23(34-10-4)26(36-12-6)24(18-20)35-11-5/h13-14,17-19H,7-12,15-16H2,1-6H3. The summed E-state index contributed by atoms with van der Waals surface area (Å²) in [5.74, 6) is 2.13. The van der Waals surface area contributed by atoms with E-state index in [1.165, 1.54) is 11.3 Å². The van der Waals surface area contributed by atoms with Crippen LogP contribution in [0.3, 0.4) is 0 Å². The summed E-state index contributed by atoms with van der Waals surface area (Å²) >= 11 is 1.48. The number of benzene rings is 2. The summed E-state index contributed by atoms with van der Waals surface area (Å²) in [6.45, 7) is 16.9. The molecule has 0 saturated carbocycles. The summed E-state index contributed by atoms with van der Waals surface area (Å²) in [7, 11) is 0. The van der Waals surface area contributed by atoms with Gasteiger partial charge in [0.25, 0.3) is 5.91 Å². The van der Waals surface area contributed by atoms with Gasteiger partial charge in [-0.3, -0.25) is 9.69 Å². The van der Waals surface area contributed by atoms with Gasteiger partial charge in [-0.2, -0.15) is 0 Å². The second-order valence-electron chi connectivity index (χ2n) is 8.14. The largest absolute Gasteiger partial charge is 0.494 e. The highest BCUT2D eigenvalue weighted by Gasteiger charge is 2.25. The summed E-state index contributed by atoms with van der Waals surface area (Å²) in [6.07, 6.45) is 0. The van der Waals surface area contributed by atoms with Crippen molar-refractivity contribution in [2.24, 2.45) is 0 Å². The van der Waals surface area contributed by atoms with E-state index in [1.807, 2.05) is 45.9 Å². The van der Waals surface area contributed by atoms with Gasteiger partial charge in [0.15, 0.2) is 16.6 Å². The maximum Gasteiger partial charge on any atom is 0.260 e. The number of rotatable bonds is 15. The quantitative estimate of drug-likeness (QED) is 0.243. The lowest BCUT2D eigenvalue weighted by atomic mass is 10.1. The minimum Gasteiger partial charge on any atom is -0.494 e. The fourth-order valence-corrected chi connectivity index (χ4v) is 5.02. The average Bonchev–Trinajstić information content (AvgIpc) is 3.31. The van der Waals surface area contributed by atoms with E-state index < -0.39 is 0 Å². The fourth-order valence-electron chi connectivity index (χ4n) is 4.00. The van der Waals surface area contributed by atoms with Crippen molar-refractivity contribution in [3.8, 4) is 23.0 Å². The van der Waals surface area contributed by atoms with E-state index in [0.717, 1.165) is 35.6 Å². The predicted octanol–water partition coefficient (Wildman–Crippen LogP) is 5.88. The molecule has 8 nitrogen and oxygen atoms in total. The summed E-state index contributed by atoms with van der Waals surface area (Å²) in [5.41, 5.74) is 1.30. The first-order chi connectivity index (χ1) is 18.0. The van der Waals surface area contributed by atoms with Crippen molar-refractivity contribution >= 4 is 32.6 Å². The van der Waals surface area contributed by atoms with Crippen molar-refractivity contribution in [1.82, 2.24) is 9.88 Å². The molecule has 0 saturated heterocycles. The van der Waals surface area contributed by atoms with Crippen molar-refractivity contribution in [2.45, 2.75) is 41.5 Å². The molecule has 0 radical (unpaired) electrons. The molecule has 0 fully saturated rings. The summed E-state index contributed by atoms with van der Waals surface area (Å²) in [4.78, 5) is 22.9. The zero-order valence-corrected chi connectivity index (χ0v) is 23.7. The van der Waals surface area contributed by atoms with Crippen LogP contribution in [0, 0.1) is 0 Å². The van der Waals surface area contributed by atoms with E-state index in [-0.39, 0.29) is 5.91 Å². The Bertz CT molecular complexity index is 1130. The SMILES string of the molecule is CCOc1ccc2nc(N(CCN(CC)CC)C(=O)c3cc(OCC)c(OCC)c(OCC)c3)sc2c1. The Labute approximate surface area is 224 Å². The summed E-state index contributed by atoms with van der Waals surface area (Å²) < 4.78 is 24.2. The van der Waals surface area contributed by atoms with Crippen LogP contribution in [0.15, 0.2) is 30.3 Å². The van der Waals surface area contributed by atoms with Gasteiger partial charge >= 0.3 is 0 Å². The molecule has 3 aromatic rings. The summed E-state index contributed by atoms with van der Waals surface area (Å²) in [5, 5.41) is 0.644. The number of aromatic nitrogens is 1. The van der Waals surface area contributed by atoms with Crippen LogP contribution in [0.1, 0.15) is 51.9 Å². The number of carbonyl (C=O) groups is 1. The number of thiazole rings is 1. The van der Waals surface area contributed by atoms with E-state index in [0.29, 0.717) is 60.9 Å². The predicted molar refractivity (Wildman–Crippen MR) is 150 cm³/mol. The van der Waals surface area contributed by atoms with Crippen LogP contribution in [0.5, 0.6) is 23.0 Å². The Morgan fingerprint density at radius 1 is 0.811 bits per heavy atom. The van der Waals surface area contributed by atoms with Crippen LogP contribution >= 0.6 is 11.3 Å². The Morgan fingerprint density at radius 2 is 1.43 bits per heavy atom. The normalized spacial score (nSPS) is 11.1. The molecule has 0 spiro atoms. The van der Waals surface area contributed by atoms with Gasteiger partial charge in [0.2, 0.25) is 5.75 Å². The molecule has 37 heavy (non-hydrogen) atoms. The van der Waals surface area contributed by atoms with E-state index >= 15 is 0 Å². The Morgan fingerprint density at radius 3 is 2.00 bits per heavy atom. The molecule has 3 rings (SSSR count). The first-order valence-electron chi connectivity index (χ1n) is 13.1. The number of likely N-dealkylation sites (N-methyl/N-ethyl adjacent to an activating group) is 1. The highest BCUT2D eigenvalue weighted by Crippen LogP contribution is 2.40. The van der Waals surface area contributed by atoms with Gasteiger partial charge in [0.05, 0.1) is 36.6 Å².